The minimum absolute atomic E-state index is 0.683. The lowest BCUT2D eigenvalue weighted by molar-refractivity contribution is 0.413. The van der Waals surface area contributed by atoms with Gasteiger partial charge in [-0.2, -0.15) is 0 Å². The van der Waals surface area contributed by atoms with Gasteiger partial charge in [0, 0.05) is 18.8 Å². The number of benzene rings is 1. The van der Waals surface area contributed by atoms with Gasteiger partial charge in [0.25, 0.3) is 0 Å². The van der Waals surface area contributed by atoms with Crippen LogP contribution in [0.15, 0.2) is 24.3 Å². The molecule has 1 aromatic carbocycles. The van der Waals surface area contributed by atoms with Crippen molar-refractivity contribution >= 4 is 23.0 Å². The van der Waals surface area contributed by atoms with E-state index in [2.05, 4.69) is 46.7 Å². The normalized spacial score (nSPS) is 10.5. The molecule has 2 N–H and O–H groups in total. The zero-order valence-electron chi connectivity index (χ0n) is 12.2. The lowest BCUT2D eigenvalue weighted by Crippen LogP contribution is -2.34. The fraction of sp³-hybridized carbons (Fsp3) is 0.533. The second kappa shape index (κ2) is 8.88. The molecule has 0 bridgehead atoms. The molecule has 0 aliphatic carbocycles. The number of hydrogen-bond acceptors (Lipinski definition) is 2. The SMILES string of the molecule is CCCCc1ccc(NC(=S)NCCN(C)C)cc1. The summed E-state index contributed by atoms with van der Waals surface area (Å²) in [6.07, 6.45) is 3.64. The largest absolute Gasteiger partial charge is 0.361 e. The quantitative estimate of drug-likeness (QED) is 0.751. The second-order valence-corrected chi connectivity index (χ2v) is 5.39. The number of nitrogens with one attached hydrogen (secondary N) is 2. The lowest BCUT2D eigenvalue weighted by atomic mass is 10.1. The van der Waals surface area contributed by atoms with Crippen molar-refractivity contribution in [3.63, 3.8) is 0 Å². The van der Waals surface area contributed by atoms with E-state index < -0.39 is 0 Å². The third-order valence-corrected chi connectivity index (χ3v) is 3.12. The molecular formula is C15H25N3S. The summed E-state index contributed by atoms with van der Waals surface area (Å²) in [5.41, 5.74) is 2.43. The van der Waals surface area contributed by atoms with Crippen molar-refractivity contribution in [1.29, 1.82) is 0 Å². The van der Waals surface area contributed by atoms with Crippen LogP contribution in [-0.4, -0.2) is 37.2 Å². The van der Waals surface area contributed by atoms with Gasteiger partial charge < -0.3 is 15.5 Å². The molecule has 0 aliphatic heterocycles. The van der Waals surface area contributed by atoms with Gasteiger partial charge in [-0.25, -0.2) is 0 Å². The summed E-state index contributed by atoms with van der Waals surface area (Å²) in [5, 5.41) is 7.07. The van der Waals surface area contributed by atoms with Crippen LogP contribution in [0.4, 0.5) is 5.69 Å². The molecular weight excluding hydrogens is 254 g/mol. The highest BCUT2D eigenvalue weighted by Gasteiger charge is 1.98. The molecule has 3 nitrogen and oxygen atoms in total. The van der Waals surface area contributed by atoms with E-state index in [1.165, 1.54) is 18.4 Å². The van der Waals surface area contributed by atoms with E-state index in [1.807, 2.05) is 14.1 Å². The van der Waals surface area contributed by atoms with Gasteiger partial charge in [-0.15, -0.1) is 0 Å². The first-order chi connectivity index (χ1) is 9.11. The van der Waals surface area contributed by atoms with Crippen molar-refractivity contribution < 1.29 is 0 Å². The van der Waals surface area contributed by atoms with E-state index in [-0.39, 0.29) is 0 Å². The fourth-order valence-corrected chi connectivity index (χ4v) is 1.92. The third kappa shape index (κ3) is 7.13. The zero-order valence-corrected chi connectivity index (χ0v) is 13.0. The van der Waals surface area contributed by atoms with Crippen molar-refractivity contribution in [2.24, 2.45) is 0 Å². The van der Waals surface area contributed by atoms with E-state index >= 15 is 0 Å². The highest BCUT2D eigenvalue weighted by atomic mass is 32.1. The maximum absolute atomic E-state index is 5.25. The van der Waals surface area contributed by atoms with Gasteiger partial charge in [-0.3, -0.25) is 0 Å². The average Bonchev–Trinajstić information content (AvgIpc) is 2.37. The molecule has 1 aromatic rings. The van der Waals surface area contributed by atoms with Crippen LogP contribution in [0, 0.1) is 0 Å². The van der Waals surface area contributed by atoms with Crippen LogP contribution >= 0.6 is 12.2 Å². The number of unbranched alkanes of at least 4 members (excludes halogenated alkanes) is 1. The predicted octanol–water partition coefficient (Wildman–Crippen LogP) is 2.88. The number of nitrogens with zero attached hydrogens (tertiary/aromatic N) is 1. The van der Waals surface area contributed by atoms with Crippen LogP contribution < -0.4 is 10.6 Å². The zero-order chi connectivity index (χ0) is 14.1. The van der Waals surface area contributed by atoms with Gasteiger partial charge in [0.05, 0.1) is 0 Å². The van der Waals surface area contributed by atoms with E-state index in [4.69, 9.17) is 12.2 Å². The summed E-state index contributed by atoms with van der Waals surface area (Å²) >= 11 is 5.25. The van der Waals surface area contributed by atoms with Crippen LogP contribution in [-0.2, 0) is 6.42 Å². The van der Waals surface area contributed by atoms with Gasteiger partial charge in [0.2, 0.25) is 0 Å². The topological polar surface area (TPSA) is 27.3 Å². The van der Waals surface area contributed by atoms with Crippen molar-refractivity contribution in [1.82, 2.24) is 10.2 Å². The first-order valence-corrected chi connectivity index (χ1v) is 7.31. The van der Waals surface area contributed by atoms with Gasteiger partial charge in [0.1, 0.15) is 0 Å². The van der Waals surface area contributed by atoms with Gasteiger partial charge in [0.15, 0.2) is 5.11 Å². The molecule has 0 radical (unpaired) electrons. The summed E-state index contributed by atoms with van der Waals surface area (Å²) in [6.45, 7) is 4.04. The molecule has 0 amide bonds. The molecule has 0 unspecified atom stereocenters. The van der Waals surface area contributed by atoms with E-state index in [1.54, 1.807) is 0 Å². The molecule has 0 fully saturated rings. The van der Waals surface area contributed by atoms with Crippen LogP contribution in [0.5, 0.6) is 0 Å². The summed E-state index contributed by atoms with van der Waals surface area (Å²) in [5.74, 6) is 0. The first-order valence-electron chi connectivity index (χ1n) is 6.90. The number of aryl methyl sites for hydroxylation is 1. The van der Waals surface area contributed by atoms with E-state index in [0.717, 1.165) is 25.2 Å². The molecule has 0 atom stereocenters. The van der Waals surface area contributed by atoms with Crippen molar-refractivity contribution in [2.75, 3.05) is 32.5 Å². The molecule has 19 heavy (non-hydrogen) atoms. The lowest BCUT2D eigenvalue weighted by Gasteiger charge is -2.13. The molecule has 106 valence electrons. The molecule has 0 aliphatic rings. The Morgan fingerprint density at radius 1 is 1.21 bits per heavy atom. The number of hydrogen-bond donors (Lipinski definition) is 2. The molecule has 1 rings (SSSR count). The molecule has 0 heterocycles. The Morgan fingerprint density at radius 2 is 1.89 bits per heavy atom. The molecule has 0 saturated heterocycles. The first kappa shape index (κ1) is 15.9. The van der Waals surface area contributed by atoms with Gasteiger partial charge in [-0.05, 0) is 56.9 Å². The summed E-state index contributed by atoms with van der Waals surface area (Å²) < 4.78 is 0. The molecule has 0 aromatic heterocycles. The number of anilines is 1. The maximum Gasteiger partial charge on any atom is 0.170 e. The average molecular weight is 279 g/mol. The Hall–Kier alpha value is -1.13. The van der Waals surface area contributed by atoms with Crippen LogP contribution in [0.2, 0.25) is 0 Å². The monoisotopic (exact) mass is 279 g/mol. The Balaban J connectivity index is 2.33. The van der Waals surface area contributed by atoms with Crippen molar-refractivity contribution in [3.05, 3.63) is 29.8 Å². The summed E-state index contributed by atoms with van der Waals surface area (Å²) in [4.78, 5) is 2.12. The van der Waals surface area contributed by atoms with E-state index in [9.17, 15) is 0 Å². The van der Waals surface area contributed by atoms with Gasteiger partial charge in [-0.1, -0.05) is 25.5 Å². The summed E-state index contributed by atoms with van der Waals surface area (Å²) in [6, 6.07) is 8.51. The number of likely N-dealkylation sites (N-methyl/N-ethyl adjacent to an activating group) is 1. The smallest absolute Gasteiger partial charge is 0.170 e. The molecule has 0 saturated carbocycles. The third-order valence-electron chi connectivity index (χ3n) is 2.88. The highest BCUT2D eigenvalue weighted by Crippen LogP contribution is 2.11. The van der Waals surface area contributed by atoms with Crippen molar-refractivity contribution in [2.45, 2.75) is 26.2 Å². The predicted molar refractivity (Wildman–Crippen MR) is 87.8 cm³/mol. The minimum Gasteiger partial charge on any atom is -0.361 e. The Labute approximate surface area is 122 Å². The maximum atomic E-state index is 5.25. The Bertz CT molecular complexity index is 373. The number of thiocarbonyl (C=S) groups is 1. The Morgan fingerprint density at radius 3 is 2.47 bits per heavy atom. The van der Waals surface area contributed by atoms with Crippen LogP contribution in [0.3, 0.4) is 0 Å². The standard InChI is InChI=1S/C15H25N3S/c1-4-5-6-13-7-9-14(10-8-13)17-15(19)16-11-12-18(2)3/h7-10H,4-6,11-12H2,1-3H3,(H2,16,17,19). The van der Waals surface area contributed by atoms with Crippen LogP contribution in [0.1, 0.15) is 25.3 Å². The number of rotatable bonds is 7. The minimum atomic E-state index is 0.683. The van der Waals surface area contributed by atoms with Gasteiger partial charge >= 0.3 is 0 Å². The molecule has 0 spiro atoms. The summed E-state index contributed by atoms with van der Waals surface area (Å²) in [7, 11) is 4.10. The molecule has 4 heteroatoms. The van der Waals surface area contributed by atoms with Crippen LogP contribution in [0.25, 0.3) is 0 Å². The Kier molecular flexibility index (Phi) is 7.45. The fourth-order valence-electron chi connectivity index (χ4n) is 1.70. The van der Waals surface area contributed by atoms with E-state index in [0.29, 0.717) is 5.11 Å². The van der Waals surface area contributed by atoms with Crippen molar-refractivity contribution in [3.8, 4) is 0 Å². The second-order valence-electron chi connectivity index (χ2n) is 4.98. The highest BCUT2D eigenvalue weighted by molar-refractivity contribution is 7.80.